The van der Waals surface area contributed by atoms with Crippen LogP contribution < -0.4 is 4.74 Å². The van der Waals surface area contributed by atoms with Gasteiger partial charge in [-0.3, -0.25) is 0 Å². The van der Waals surface area contributed by atoms with Gasteiger partial charge in [-0.2, -0.15) is 0 Å². The van der Waals surface area contributed by atoms with Gasteiger partial charge in [-0.25, -0.2) is 4.98 Å². The Kier molecular flexibility index (Phi) is 5.54. The van der Waals surface area contributed by atoms with Crippen LogP contribution in [0.5, 0.6) is 5.75 Å². The standard InChI is InChI=1S/C18H19ClN2O3/c1-13-11-15(24-21-13)5-3-2-4-9-22-17-7-6-14(12-16(17)19)18-20-8-10-23-18/h6-8,10-12H,2-5,9H2,1H3. The zero-order chi connectivity index (χ0) is 16.8. The molecular formula is C18H19ClN2O3. The zero-order valence-corrected chi connectivity index (χ0v) is 14.3. The second kappa shape index (κ2) is 8.02. The highest BCUT2D eigenvalue weighted by atomic mass is 35.5. The van der Waals surface area contributed by atoms with Crippen LogP contribution in [-0.2, 0) is 6.42 Å². The first-order chi connectivity index (χ1) is 11.7. The van der Waals surface area contributed by atoms with Gasteiger partial charge in [-0.1, -0.05) is 16.8 Å². The molecule has 0 radical (unpaired) electrons. The summed E-state index contributed by atoms with van der Waals surface area (Å²) < 4.78 is 16.2. The van der Waals surface area contributed by atoms with Crippen molar-refractivity contribution in [2.45, 2.75) is 32.6 Å². The third-order valence-electron chi connectivity index (χ3n) is 3.61. The van der Waals surface area contributed by atoms with Crippen LogP contribution in [0, 0.1) is 6.92 Å². The van der Waals surface area contributed by atoms with Crippen molar-refractivity contribution in [2.24, 2.45) is 0 Å². The van der Waals surface area contributed by atoms with Crippen molar-refractivity contribution in [1.82, 2.24) is 10.1 Å². The van der Waals surface area contributed by atoms with Crippen molar-refractivity contribution in [1.29, 1.82) is 0 Å². The van der Waals surface area contributed by atoms with E-state index in [0.29, 0.717) is 23.3 Å². The molecule has 1 aromatic carbocycles. The molecule has 0 fully saturated rings. The van der Waals surface area contributed by atoms with Crippen molar-refractivity contribution in [3.63, 3.8) is 0 Å². The first-order valence-electron chi connectivity index (χ1n) is 7.97. The lowest BCUT2D eigenvalue weighted by atomic mass is 10.1. The molecule has 0 unspecified atom stereocenters. The van der Waals surface area contributed by atoms with Crippen LogP contribution >= 0.6 is 11.6 Å². The number of oxazole rings is 1. The van der Waals surface area contributed by atoms with Crippen molar-refractivity contribution in [3.8, 4) is 17.2 Å². The Labute approximate surface area is 145 Å². The Bertz CT molecular complexity index is 768. The molecule has 0 amide bonds. The first-order valence-corrected chi connectivity index (χ1v) is 8.34. The maximum absolute atomic E-state index is 6.25. The topological polar surface area (TPSA) is 61.3 Å². The Morgan fingerprint density at radius 2 is 2.08 bits per heavy atom. The Hall–Kier alpha value is -2.27. The molecule has 2 aromatic heterocycles. The van der Waals surface area contributed by atoms with Gasteiger partial charge in [-0.05, 0) is 44.4 Å². The summed E-state index contributed by atoms with van der Waals surface area (Å²) in [7, 11) is 0. The SMILES string of the molecule is Cc1cc(CCCCCOc2ccc(-c3ncco3)cc2Cl)on1. The van der Waals surface area contributed by atoms with E-state index in [1.807, 2.05) is 25.1 Å². The van der Waals surface area contributed by atoms with Gasteiger partial charge in [-0.15, -0.1) is 0 Å². The average Bonchev–Trinajstić information content (AvgIpc) is 3.23. The number of hydrogen-bond donors (Lipinski definition) is 0. The quantitative estimate of drug-likeness (QED) is 0.532. The molecule has 0 saturated carbocycles. The number of benzene rings is 1. The smallest absolute Gasteiger partial charge is 0.225 e. The molecule has 5 nitrogen and oxygen atoms in total. The van der Waals surface area contributed by atoms with E-state index < -0.39 is 0 Å². The van der Waals surface area contributed by atoms with E-state index in [1.165, 1.54) is 6.26 Å². The first kappa shape index (κ1) is 16.6. The minimum atomic E-state index is 0.547. The third-order valence-corrected chi connectivity index (χ3v) is 3.91. The number of aryl methyl sites for hydroxylation is 2. The van der Waals surface area contributed by atoms with E-state index in [4.69, 9.17) is 25.3 Å². The normalized spacial score (nSPS) is 10.9. The van der Waals surface area contributed by atoms with Gasteiger partial charge in [0, 0.05) is 18.1 Å². The molecule has 0 spiro atoms. The lowest BCUT2D eigenvalue weighted by Crippen LogP contribution is -1.98. The molecule has 126 valence electrons. The maximum atomic E-state index is 6.25. The molecule has 3 rings (SSSR count). The summed E-state index contributed by atoms with van der Waals surface area (Å²) >= 11 is 6.25. The minimum Gasteiger partial charge on any atom is -0.492 e. The van der Waals surface area contributed by atoms with E-state index in [2.05, 4.69) is 10.1 Å². The molecule has 0 aliphatic heterocycles. The number of ether oxygens (including phenoxy) is 1. The molecule has 0 atom stereocenters. The summed E-state index contributed by atoms with van der Waals surface area (Å²) in [4.78, 5) is 4.10. The number of rotatable bonds is 8. The molecule has 0 bridgehead atoms. The van der Waals surface area contributed by atoms with Gasteiger partial charge in [0.1, 0.15) is 17.8 Å². The van der Waals surface area contributed by atoms with Gasteiger partial charge in [0.25, 0.3) is 0 Å². The predicted octanol–water partition coefficient (Wildman–Crippen LogP) is 5.08. The molecule has 3 aromatic rings. The molecule has 24 heavy (non-hydrogen) atoms. The molecule has 0 aliphatic rings. The summed E-state index contributed by atoms with van der Waals surface area (Å²) in [5.41, 5.74) is 1.76. The van der Waals surface area contributed by atoms with E-state index >= 15 is 0 Å². The van der Waals surface area contributed by atoms with Crippen molar-refractivity contribution in [2.75, 3.05) is 6.61 Å². The Morgan fingerprint density at radius 3 is 2.79 bits per heavy atom. The van der Waals surface area contributed by atoms with E-state index in [1.54, 1.807) is 12.3 Å². The van der Waals surface area contributed by atoms with Gasteiger partial charge in [0.15, 0.2) is 0 Å². The van der Waals surface area contributed by atoms with Crippen molar-refractivity contribution in [3.05, 3.63) is 53.2 Å². The highest BCUT2D eigenvalue weighted by Gasteiger charge is 2.07. The van der Waals surface area contributed by atoms with Crippen LogP contribution in [0.1, 0.15) is 30.7 Å². The highest BCUT2D eigenvalue weighted by molar-refractivity contribution is 6.32. The number of nitrogens with zero attached hydrogens (tertiary/aromatic N) is 2. The molecule has 2 heterocycles. The lowest BCUT2D eigenvalue weighted by molar-refractivity contribution is 0.303. The third kappa shape index (κ3) is 4.38. The zero-order valence-electron chi connectivity index (χ0n) is 13.5. The van der Waals surface area contributed by atoms with Crippen LogP contribution in [-0.4, -0.2) is 16.7 Å². The van der Waals surface area contributed by atoms with E-state index in [0.717, 1.165) is 42.7 Å². The minimum absolute atomic E-state index is 0.547. The number of hydrogen-bond acceptors (Lipinski definition) is 5. The number of unbranched alkanes of at least 4 members (excludes halogenated alkanes) is 2. The maximum Gasteiger partial charge on any atom is 0.225 e. The fraction of sp³-hybridized carbons (Fsp3) is 0.333. The van der Waals surface area contributed by atoms with E-state index in [-0.39, 0.29) is 0 Å². The number of halogens is 1. The van der Waals surface area contributed by atoms with Crippen LogP contribution in [0.25, 0.3) is 11.5 Å². The second-order valence-electron chi connectivity index (χ2n) is 5.58. The molecular weight excluding hydrogens is 328 g/mol. The van der Waals surface area contributed by atoms with E-state index in [9.17, 15) is 0 Å². The fourth-order valence-electron chi connectivity index (χ4n) is 2.41. The molecule has 6 heteroatoms. The van der Waals surface area contributed by atoms with Crippen molar-refractivity contribution >= 4 is 11.6 Å². The Morgan fingerprint density at radius 1 is 1.17 bits per heavy atom. The lowest BCUT2D eigenvalue weighted by Gasteiger charge is -2.08. The molecule has 0 saturated heterocycles. The summed E-state index contributed by atoms with van der Waals surface area (Å²) in [6, 6.07) is 7.51. The molecule has 0 N–H and O–H groups in total. The predicted molar refractivity (Wildman–Crippen MR) is 91.2 cm³/mol. The van der Waals surface area contributed by atoms with Gasteiger partial charge in [0.2, 0.25) is 5.89 Å². The monoisotopic (exact) mass is 346 g/mol. The van der Waals surface area contributed by atoms with Crippen LogP contribution in [0.4, 0.5) is 0 Å². The fourth-order valence-corrected chi connectivity index (χ4v) is 2.65. The van der Waals surface area contributed by atoms with Crippen LogP contribution in [0.15, 0.2) is 45.7 Å². The summed E-state index contributed by atoms with van der Waals surface area (Å²) in [5, 5.41) is 4.44. The summed E-state index contributed by atoms with van der Waals surface area (Å²) in [6.45, 7) is 2.56. The average molecular weight is 347 g/mol. The molecule has 0 aliphatic carbocycles. The largest absolute Gasteiger partial charge is 0.492 e. The van der Waals surface area contributed by atoms with Gasteiger partial charge >= 0.3 is 0 Å². The van der Waals surface area contributed by atoms with Crippen LogP contribution in [0.3, 0.4) is 0 Å². The Balaban J connectivity index is 1.40. The highest BCUT2D eigenvalue weighted by Crippen LogP contribution is 2.29. The van der Waals surface area contributed by atoms with Gasteiger partial charge in [0.05, 0.1) is 23.5 Å². The number of aromatic nitrogens is 2. The summed E-state index contributed by atoms with van der Waals surface area (Å²) in [5.74, 6) is 2.17. The summed E-state index contributed by atoms with van der Waals surface area (Å²) in [6.07, 6.45) is 7.12. The van der Waals surface area contributed by atoms with Crippen molar-refractivity contribution < 1.29 is 13.7 Å². The second-order valence-corrected chi connectivity index (χ2v) is 5.98. The van der Waals surface area contributed by atoms with Gasteiger partial charge < -0.3 is 13.7 Å². The van der Waals surface area contributed by atoms with Crippen LogP contribution in [0.2, 0.25) is 5.02 Å².